The first-order valence-corrected chi connectivity index (χ1v) is 4.58. The average Bonchev–Trinajstić information content (AvgIpc) is 2.24. The molecule has 3 atom stereocenters. The lowest BCUT2D eigenvalue weighted by Crippen LogP contribution is -2.50. The van der Waals surface area contributed by atoms with Gasteiger partial charge in [-0.3, -0.25) is 4.79 Å². The third-order valence-corrected chi connectivity index (χ3v) is 3.11. The van der Waals surface area contributed by atoms with Crippen LogP contribution in [0, 0.1) is 5.92 Å². The number of ether oxygens (including phenoxy) is 1. The summed E-state index contributed by atoms with van der Waals surface area (Å²) in [5.74, 6) is 0.536. The first-order valence-electron chi connectivity index (χ1n) is 4.58. The van der Waals surface area contributed by atoms with Gasteiger partial charge in [0.2, 0.25) is 0 Å². The molecular formula is C9H15NO2. The van der Waals surface area contributed by atoms with Crippen LogP contribution in [0.4, 0.5) is 0 Å². The van der Waals surface area contributed by atoms with E-state index < -0.39 is 0 Å². The standard InChI is InChI=1S/C9H15NO2/c1-6-2-3-9(10)5-8(11)12-7(9)4-6/h6-7H,2-5,10H2,1H3/t6-,7-,9-/m1/s1. The van der Waals surface area contributed by atoms with Gasteiger partial charge in [-0.1, -0.05) is 6.92 Å². The lowest BCUT2D eigenvalue weighted by molar-refractivity contribution is -0.142. The van der Waals surface area contributed by atoms with Crippen molar-refractivity contribution in [1.82, 2.24) is 0 Å². The van der Waals surface area contributed by atoms with Crippen LogP contribution in [0.3, 0.4) is 0 Å². The van der Waals surface area contributed by atoms with Crippen LogP contribution in [0.5, 0.6) is 0 Å². The zero-order valence-corrected chi connectivity index (χ0v) is 7.38. The number of carbonyl (C=O) groups excluding carboxylic acids is 1. The Balaban J connectivity index is 2.15. The Kier molecular flexibility index (Phi) is 1.65. The minimum absolute atomic E-state index is 0.00579. The minimum Gasteiger partial charge on any atom is -0.460 e. The largest absolute Gasteiger partial charge is 0.460 e. The van der Waals surface area contributed by atoms with Crippen molar-refractivity contribution in [2.75, 3.05) is 0 Å². The van der Waals surface area contributed by atoms with Crippen LogP contribution in [0.25, 0.3) is 0 Å². The van der Waals surface area contributed by atoms with Gasteiger partial charge in [0.25, 0.3) is 0 Å². The summed E-state index contributed by atoms with van der Waals surface area (Å²) in [6.07, 6.45) is 3.43. The molecule has 0 unspecified atom stereocenters. The summed E-state index contributed by atoms with van der Waals surface area (Å²) in [4.78, 5) is 11.0. The number of esters is 1. The quantitative estimate of drug-likeness (QED) is 0.546. The first-order chi connectivity index (χ1) is 5.60. The van der Waals surface area contributed by atoms with E-state index in [9.17, 15) is 4.79 Å². The third kappa shape index (κ3) is 1.12. The van der Waals surface area contributed by atoms with Gasteiger partial charge in [-0.05, 0) is 25.2 Å². The summed E-state index contributed by atoms with van der Waals surface area (Å²) in [5.41, 5.74) is 5.74. The lowest BCUT2D eigenvalue weighted by atomic mass is 9.75. The number of carbonyl (C=O) groups is 1. The number of hydrogen-bond acceptors (Lipinski definition) is 3. The molecule has 0 aromatic rings. The highest BCUT2D eigenvalue weighted by Crippen LogP contribution is 2.38. The summed E-state index contributed by atoms with van der Waals surface area (Å²) in [6, 6.07) is 0. The van der Waals surface area contributed by atoms with Crippen molar-refractivity contribution in [2.45, 2.75) is 44.2 Å². The smallest absolute Gasteiger partial charge is 0.308 e. The van der Waals surface area contributed by atoms with Gasteiger partial charge >= 0.3 is 5.97 Å². The molecule has 1 saturated heterocycles. The molecule has 0 aromatic heterocycles. The van der Waals surface area contributed by atoms with Gasteiger partial charge in [0.1, 0.15) is 6.10 Å². The fourth-order valence-electron chi connectivity index (χ4n) is 2.23. The van der Waals surface area contributed by atoms with E-state index in [2.05, 4.69) is 6.92 Å². The Morgan fingerprint density at radius 1 is 1.67 bits per heavy atom. The second-order valence-electron chi connectivity index (χ2n) is 4.27. The molecule has 2 N–H and O–H groups in total. The average molecular weight is 169 g/mol. The Hall–Kier alpha value is -0.570. The maximum atomic E-state index is 11.0. The van der Waals surface area contributed by atoms with Gasteiger partial charge in [0.15, 0.2) is 0 Å². The van der Waals surface area contributed by atoms with Crippen molar-refractivity contribution in [1.29, 1.82) is 0 Å². The van der Waals surface area contributed by atoms with Crippen molar-refractivity contribution in [3.63, 3.8) is 0 Å². The van der Waals surface area contributed by atoms with E-state index in [0.29, 0.717) is 12.3 Å². The lowest BCUT2D eigenvalue weighted by Gasteiger charge is -2.35. The van der Waals surface area contributed by atoms with Gasteiger partial charge in [-0.2, -0.15) is 0 Å². The Morgan fingerprint density at radius 2 is 2.42 bits per heavy atom. The summed E-state index contributed by atoms with van der Waals surface area (Å²) in [5, 5.41) is 0. The highest BCUT2D eigenvalue weighted by molar-refractivity contribution is 5.74. The van der Waals surface area contributed by atoms with Gasteiger partial charge in [0, 0.05) is 0 Å². The van der Waals surface area contributed by atoms with Crippen molar-refractivity contribution in [3.8, 4) is 0 Å². The number of hydrogen-bond donors (Lipinski definition) is 1. The van der Waals surface area contributed by atoms with Crippen molar-refractivity contribution in [2.24, 2.45) is 11.7 Å². The minimum atomic E-state index is -0.330. The summed E-state index contributed by atoms with van der Waals surface area (Å²) in [7, 11) is 0. The molecule has 68 valence electrons. The van der Waals surface area contributed by atoms with E-state index in [4.69, 9.17) is 10.5 Å². The topological polar surface area (TPSA) is 52.3 Å². The van der Waals surface area contributed by atoms with Crippen LogP contribution < -0.4 is 5.73 Å². The summed E-state index contributed by atoms with van der Waals surface area (Å²) < 4.78 is 5.17. The molecule has 0 bridgehead atoms. The third-order valence-electron chi connectivity index (χ3n) is 3.11. The Bertz CT molecular complexity index is 217. The molecule has 2 fully saturated rings. The first kappa shape index (κ1) is 8.05. The summed E-state index contributed by atoms with van der Waals surface area (Å²) in [6.45, 7) is 2.19. The van der Waals surface area contributed by atoms with E-state index in [-0.39, 0.29) is 17.6 Å². The SMILES string of the molecule is C[C@@H]1CC[C@@]2(N)CC(=O)O[C@@H]2C1. The predicted molar refractivity (Wildman–Crippen MR) is 44.4 cm³/mol. The molecule has 0 spiro atoms. The molecule has 0 radical (unpaired) electrons. The fraction of sp³-hybridized carbons (Fsp3) is 0.889. The van der Waals surface area contributed by atoms with Gasteiger partial charge in [-0.15, -0.1) is 0 Å². The summed E-state index contributed by atoms with van der Waals surface area (Å²) >= 11 is 0. The number of rotatable bonds is 0. The van der Waals surface area contributed by atoms with Crippen LogP contribution in [0.15, 0.2) is 0 Å². The molecule has 12 heavy (non-hydrogen) atoms. The molecule has 1 aliphatic heterocycles. The Labute approximate surface area is 72.3 Å². The zero-order valence-electron chi connectivity index (χ0n) is 7.38. The van der Waals surface area contributed by atoms with Crippen LogP contribution in [-0.4, -0.2) is 17.6 Å². The predicted octanol–water partition coefficient (Wildman–Crippen LogP) is 0.819. The zero-order chi connectivity index (χ0) is 8.77. The number of fused-ring (bicyclic) bond motifs is 1. The molecule has 2 aliphatic rings. The molecule has 1 aliphatic carbocycles. The van der Waals surface area contributed by atoms with Gasteiger partial charge in [0.05, 0.1) is 12.0 Å². The van der Waals surface area contributed by atoms with Crippen LogP contribution in [-0.2, 0) is 9.53 Å². The normalized spacial score (nSPS) is 47.0. The van der Waals surface area contributed by atoms with E-state index in [1.165, 1.54) is 0 Å². The van der Waals surface area contributed by atoms with Gasteiger partial charge < -0.3 is 10.5 Å². The monoisotopic (exact) mass is 169 g/mol. The number of nitrogens with two attached hydrogens (primary N) is 1. The van der Waals surface area contributed by atoms with Crippen LogP contribution >= 0.6 is 0 Å². The molecule has 1 saturated carbocycles. The fourth-order valence-corrected chi connectivity index (χ4v) is 2.23. The second-order valence-corrected chi connectivity index (χ2v) is 4.27. The molecular weight excluding hydrogens is 154 g/mol. The van der Waals surface area contributed by atoms with E-state index in [1.54, 1.807) is 0 Å². The van der Waals surface area contributed by atoms with E-state index in [0.717, 1.165) is 19.3 Å². The van der Waals surface area contributed by atoms with Crippen molar-refractivity contribution in [3.05, 3.63) is 0 Å². The van der Waals surface area contributed by atoms with E-state index in [1.807, 2.05) is 0 Å². The maximum absolute atomic E-state index is 11.0. The van der Waals surface area contributed by atoms with Crippen molar-refractivity contribution < 1.29 is 9.53 Å². The highest BCUT2D eigenvalue weighted by Gasteiger charge is 2.48. The molecule has 0 aromatic carbocycles. The Morgan fingerprint density at radius 3 is 3.17 bits per heavy atom. The van der Waals surface area contributed by atoms with Crippen molar-refractivity contribution >= 4 is 5.97 Å². The molecule has 3 heteroatoms. The highest BCUT2D eigenvalue weighted by atomic mass is 16.6. The molecule has 0 amide bonds. The van der Waals surface area contributed by atoms with E-state index >= 15 is 0 Å². The van der Waals surface area contributed by atoms with Crippen LogP contribution in [0.2, 0.25) is 0 Å². The maximum Gasteiger partial charge on any atom is 0.308 e. The second kappa shape index (κ2) is 2.46. The van der Waals surface area contributed by atoms with Crippen LogP contribution in [0.1, 0.15) is 32.6 Å². The molecule has 2 rings (SSSR count). The molecule has 3 nitrogen and oxygen atoms in total. The van der Waals surface area contributed by atoms with Gasteiger partial charge in [-0.25, -0.2) is 0 Å². The molecule has 1 heterocycles.